The van der Waals surface area contributed by atoms with E-state index < -0.39 is 0 Å². The molecule has 0 unspecified atom stereocenters. The number of halogens is 1. The number of hydrogen-bond acceptors (Lipinski definition) is 3. The molecule has 108 valence electrons. The number of nitrogens with one attached hydrogen (secondary N) is 1. The predicted molar refractivity (Wildman–Crippen MR) is 81.9 cm³/mol. The monoisotopic (exact) mass is 293 g/mol. The Hall–Kier alpha value is -1.29. The Balaban J connectivity index is 2.06. The molecule has 0 spiro atoms. The first-order valence-electron chi connectivity index (χ1n) is 6.83. The van der Waals surface area contributed by atoms with E-state index >= 15 is 0 Å². The van der Waals surface area contributed by atoms with Crippen LogP contribution in [0.1, 0.15) is 24.7 Å². The third-order valence-corrected chi connectivity index (χ3v) is 3.80. The van der Waals surface area contributed by atoms with Crippen LogP contribution in [0.2, 0.25) is 5.02 Å². The van der Waals surface area contributed by atoms with Gasteiger partial charge in [-0.05, 0) is 37.1 Å². The maximum atomic E-state index is 9.14. The Kier molecular flexibility index (Phi) is 5.24. The summed E-state index contributed by atoms with van der Waals surface area (Å²) in [5, 5.41) is 13.1. The average molecular weight is 294 g/mol. The molecule has 0 radical (unpaired) electrons. The Labute approximate surface area is 124 Å². The normalized spacial score (nSPS) is 12.6. The number of benzene rings is 1. The molecule has 0 aliphatic carbocycles. The largest absolute Gasteiger partial charge is 0.460 e. The van der Waals surface area contributed by atoms with Crippen molar-refractivity contribution in [3.63, 3.8) is 0 Å². The van der Waals surface area contributed by atoms with Crippen LogP contribution in [0, 0.1) is 6.92 Å². The second kappa shape index (κ2) is 6.93. The van der Waals surface area contributed by atoms with Crippen LogP contribution in [0.25, 0.3) is 11.3 Å². The summed E-state index contributed by atoms with van der Waals surface area (Å²) in [6, 6.07) is 9.89. The summed E-state index contributed by atoms with van der Waals surface area (Å²) >= 11 is 6.13. The van der Waals surface area contributed by atoms with Crippen LogP contribution >= 0.6 is 11.6 Å². The van der Waals surface area contributed by atoms with Crippen molar-refractivity contribution in [1.82, 2.24) is 5.32 Å². The summed E-state index contributed by atoms with van der Waals surface area (Å²) in [5.74, 6) is 1.66. The van der Waals surface area contributed by atoms with E-state index in [1.807, 2.05) is 44.2 Å². The van der Waals surface area contributed by atoms with Crippen LogP contribution in [0.3, 0.4) is 0 Å². The fraction of sp³-hybridized carbons (Fsp3) is 0.375. The lowest BCUT2D eigenvalue weighted by Gasteiger charge is -2.12. The molecule has 1 aromatic heterocycles. The van der Waals surface area contributed by atoms with Gasteiger partial charge in [0.25, 0.3) is 0 Å². The minimum Gasteiger partial charge on any atom is -0.460 e. The van der Waals surface area contributed by atoms with Gasteiger partial charge in [0, 0.05) is 16.6 Å². The molecule has 1 aromatic carbocycles. The molecule has 0 saturated carbocycles. The van der Waals surface area contributed by atoms with E-state index in [1.165, 1.54) is 0 Å². The van der Waals surface area contributed by atoms with Crippen molar-refractivity contribution in [2.75, 3.05) is 6.61 Å². The number of aliphatic hydroxyl groups excluding tert-OH is 1. The molecule has 0 bridgehead atoms. The molecule has 3 nitrogen and oxygen atoms in total. The molecule has 0 amide bonds. The number of aryl methyl sites for hydroxylation is 1. The lowest BCUT2D eigenvalue weighted by molar-refractivity contribution is 0.235. The Morgan fingerprint density at radius 2 is 2.10 bits per heavy atom. The predicted octanol–water partition coefficient (Wildman–Crippen LogP) is 3.77. The zero-order valence-corrected chi connectivity index (χ0v) is 12.6. The number of furan rings is 1. The van der Waals surface area contributed by atoms with Crippen molar-refractivity contribution in [3.05, 3.63) is 46.7 Å². The Morgan fingerprint density at radius 1 is 1.30 bits per heavy atom. The van der Waals surface area contributed by atoms with Gasteiger partial charge in [-0.25, -0.2) is 0 Å². The van der Waals surface area contributed by atoms with E-state index in [1.54, 1.807) is 0 Å². The van der Waals surface area contributed by atoms with Gasteiger partial charge in [-0.3, -0.25) is 0 Å². The Bertz CT molecular complexity index is 561. The lowest BCUT2D eigenvalue weighted by Crippen LogP contribution is -2.30. The van der Waals surface area contributed by atoms with Crippen molar-refractivity contribution < 1.29 is 9.52 Å². The van der Waals surface area contributed by atoms with Crippen LogP contribution in [0.5, 0.6) is 0 Å². The van der Waals surface area contributed by atoms with Crippen molar-refractivity contribution in [2.24, 2.45) is 0 Å². The molecule has 2 rings (SSSR count). The van der Waals surface area contributed by atoms with E-state index in [2.05, 4.69) is 5.32 Å². The third-order valence-electron chi connectivity index (χ3n) is 3.40. The van der Waals surface area contributed by atoms with Gasteiger partial charge >= 0.3 is 0 Å². The van der Waals surface area contributed by atoms with Gasteiger partial charge in [0.2, 0.25) is 0 Å². The van der Waals surface area contributed by atoms with Crippen LogP contribution in [-0.4, -0.2) is 17.8 Å². The van der Waals surface area contributed by atoms with Gasteiger partial charge in [-0.1, -0.05) is 30.7 Å². The number of aliphatic hydroxyl groups is 1. The highest BCUT2D eigenvalue weighted by Gasteiger charge is 2.08. The van der Waals surface area contributed by atoms with E-state index in [-0.39, 0.29) is 12.6 Å². The highest BCUT2D eigenvalue weighted by atomic mass is 35.5. The molecule has 0 aliphatic heterocycles. The third kappa shape index (κ3) is 3.63. The van der Waals surface area contributed by atoms with E-state index in [0.29, 0.717) is 6.54 Å². The summed E-state index contributed by atoms with van der Waals surface area (Å²) in [5.41, 5.74) is 2.03. The molecule has 0 saturated heterocycles. The van der Waals surface area contributed by atoms with Crippen molar-refractivity contribution in [3.8, 4) is 11.3 Å². The summed E-state index contributed by atoms with van der Waals surface area (Å²) in [7, 11) is 0. The zero-order chi connectivity index (χ0) is 14.5. The first kappa shape index (κ1) is 15.1. The smallest absolute Gasteiger partial charge is 0.134 e. The molecule has 20 heavy (non-hydrogen) atoms. The van der Waals surface area contributed by atoms with Crippen molar-refractivity contribution >= 4 is 11.6 Å². The fourth-order valence-electron chi connectivity index (χ4n) is 1.96. The number of hydrogen-bond donors (Lipinski definition) is 2. The van der Waals surface area contributed by atoms with Crippen LogP contribution < -0.4 is 5.32 Å². The van der Waals surface area contributed by atoms with Crippen LogP contribution in [-0.2, 0) is 6.54 Å². The number of rotatable bonds is 6. The molecular formula is C16H20ClNO2. The molecule has 4 heteroatoms. The molecule has 0 fully saturated rings. The second-order valence-corrected chi connectivity index (χ2v) is 5.31. The second-order valence-electron chi connectivity index (χ2n) is 4.90. The first-order valence-corrected chi connectivity index (χ1v) is 7.21. The van der Waals surface area contributed by atoms with Gasteiger partial charge in [0.15, 0.2) is 0 Å². The highest BCUT2D eigenvalue weighted by Crippen LogP contribution is 2.26. The topological polar surface area (TPSA) is 45.4 Å². The molecule has 0 aliphatic rings. The zero-order valence-electron chi connectivity index (χ0n) is 11.8. The van der Waals surface area contributed by atoms with E-state index in [0.717, 1.165) is 34.1 Å². The maximum Gasteiger partial charge on any atom is 0.134 e. The molecule has 2 N–H and O–H groups in total. The summed E-state index contributed by atoms with van der Waals surface area (Å²) < 4.78 is 5.80. The fourth-order valence-corrected chi connectivity index (χ4v) is 2.14. The Morgan fingerprint density at radius 3 is 2.75 bits per heavy atom. The summed E-state index contributed by atoms with van der Waals surface area (Å²) in [6.07, 6.45) is 0.887. The lowest BCUT2D eigenvalue weighted by atomic mass is 10.1. The standard InChI is InChI=1S/C16H20ClNO2/c1-3-13(10-19)18-9-14-6-7-16(20-14)12-5-4-11(2)15(17)8-12/h4-8,13,18-19H,3,9-10H2,1-2H3/t13-/m0/s1. The minimum atomic E-state index is 0.109. The van der Waals surface area contributed by atoms with Gasteiger partial charge in [0.1, 0.15) is 11.5 Å². The maximum absolute atomic E-state index is 9.14. The minimum absolute atomic E-state index is 0.109. The summed E-state index contributed by atoms with van der Waals surface area (Å²) in [6.45, 7) is 4.76. The van der Waals surface area contributed by atoms with E-state index in [4.69, 9.17) is 21.1 Å². The van der Waals surface area contributed by atoms with Gasteiger partial charge < -0.3 is 14.8 Å². The van der Waals surface area contributed by atoms with Crippen LogP contribution in [0.4, 0.5) is 0 Å². The summed E-state index contributed by atoms with van der Waals surface area (Å²) in [4.78, 5) is 0. The SMILES string of the molecule is CC[C@@H](CO)NCc1ccc(-c2ccc(C)c(Cl)c2)o1. The van der Waals surface area contributed by atoms with Crippen molar-refractivity contribution in [1.29, 1.82) is 0 Å². The van der Waals surface area contributed by atoms with Crippen LogP contribution in [0.15, 0.2) is 34.7 Å². The molecular weight excluding hydrogens is 274 g/mol. The van der Waals surface area contributed by atoms with E-state index in [9.17, 15) is 0 Å². The van der Waals surface area contributed by atoms with Gasteiger partial charge in [-0.2, -0.15) is 0 Å². The molecule has 1 atom stereocenters. The molecule has 1 heterocycles. The quantitative estimate of drug-likeness (QED) is 0.852. The van der Waals surface area contributed by atoms with Crippen molar-refractivity contribution in [2.45, 2.75) is 32.9 Å². The van der Waals surface area contributed by atoms with Gasteiger partial charge in [0.05, 0.1) is 13.2 Å². The highest BCUT2D eigenvalue weighted by molar-refractivity contribution is 6.31. The first-order chi connectivity index (χ1) is 9.63. The van der Waals surface area contributed by atoms with Gasteiger partial charge in [-0.15, -0.1) is 0 Å². The molecule has 2 aromatic rings. The average Bonchev–Trinajstić information content (AvgIpc) is 2.92.